The van der Waals surface area contributed by atoms with E-state index in [9.17, 15) is 4.79 Å². The van der Waals surface area contributed by atoms with Crippen LogP contribution in [0.15, 0.2) is 53.3 Å². The summed E-state index contributed by atoms with van der Waals surface area (Å²) in [5, 5.41) is 6.85. The maximum Gasteiger partial charge on any atom is 0.257 e. The van der Waals surface area contributed by atoms with Gasteiger partial charge < -0.3 is 9.84 Å². The van der Waals surface area contributed by atoms with E-state index in [4.69, 9.17) is 4.52 Å². The van der Waals surface area contributed by atoms with E-state index in [1.807, 2.05) is 50.2 Å². The van der Waals surface area contributed by atoms with Crippen LogP contribution in [0.4, 0.5) is 5.69 Å². The fourth-order valence-electron chi connectivity index (χ4n) is 2.31. The molecule has 0 spiro atoms. The van der Waals surface area contributed by atoms with Crippen LogP contribution >= 0.6 is 0 Å². The molecule has 1 amide bonds. The number of hydrogen-bond donors (Lipinski definition) is 1. The van der Waals surface area contributed by atoms with Gasteiger partial charge in [0.05, 0.1) is 0 Å². The molecular formula is C19H20N4O2. The van der Waals surface area contributed by atoms with Gasteiger partial charge in [-0.25, -0.2) is 0 Å². The first-order valence-electron chi connectivity index (χ1n) is 8.24. The number of carbonyl (C=O) groups excluding carboxylic acids is 1. The molecule has 0 saturated heterocycles. The highest BCUT2D eigenvalue weighted by molar-refractivity contribution is 5.91. The first-order chi connectivity index (χ1) is 12.1. The van der Waals surface area contributed by atoms with E-state index in [-0.39, 0.29) is 11.8 Å². The van der Waals surface area contributed by atoms with Crippen LogP contribution in [-0.4, -0.2) is 21.0 Å². The van der Waals surface area contributed by atoms with E-state index in [0.29, 0.717) is 24.6 Å². The molecule has 128 valence electrons. The number of aromatic nitrogens is 3. The number of pyridine rings is 1. The summed E-state index contributed by atoms with van der Waals surface area (Å²) in [7, 11) is 0. The summed E-state index contributed by atoms with van der Waals surface area (Å²) >= 11 is 0. The van der Waals surface area contributed by atoms with E-state index in [0.717, 1.165) is 16.8 Å². The van der Waals surface area contributed by atoms with Crippen LogP contribution < -0.4 is 5.32 Å². The number of rotatable bonds is 6. The number of nitrogens with one attached hydrogen (secondary N) is 1. The largest absolute Gasteiger partial charge is 0.334 e. The molecule has 3 aromatic rings. The lowest BCUT2D eigenvalue weighted by atomic mass is 10.1. The second-order valence-corrected chi connectivity index (χ2v) is 6.09. The van der Waals surface area contributed by atoms with Crippen molar-refractivity contribution in [1.82, 2.24) is 15.1 Å². The van der Waals surface area contributed by atoms with Gasteiger partial charge in [0.15, 0.2) is 5.82 Å². The van der Waals surface area contributed by atoms with Gasteiger partial charge in [-0.1, -0.05) is 19.0 Å². The van der Waals surface area contributed by atoms with Crippen LogP contribution in [0, 0.1) is 0 Å². The molecule has 1 aromatic carbocycles. The first-order valence-corrected chi connectivity index (χ1v) is 8.24. The molecule has 2 aromatic heterocycles. The molecule has 0 aliphatic heterocycles. The van der Waals surface area contributed by atoms with Crippen LogP contribution in [0.3, 0.4) is 0 Å². The number of benzene rings is 1. The molecule has 0 radical (unpaired) electrons. The molecule has 0 bridgehead atoms. The van der Waals surface area contributed by atoms with E-state index in [2.05, 4.69) is 20.4 Å². The molecule has 0 atom stereocenters. The third-order valence-corrected chi connectivity index (χ3v) is 3.76. The van der Waals surface area contributed by atoms with Crippen molar-refractivity contribution in [3.63, 3.8) is 0 Å². The molecule has 0 saturated carbocycles. The molecule has 2 heterocycles. The molecule has 3 rings (SSSR count). The van der Waals surface area contributed by atoms with Crippen molar-refractivity contribution in [3.8, 4) is 11.5 Å². The average molecular weight is 336 g/mol. The van der Waals surface area contributed by atoms with Crippen molar-refractivity contribution in [3.05, 3.63) is 60.2 Å². The zero-order valence-electron chi connectivity index (χ0n) is 14.3. The van der Waals surface area contributed by atoms with Crippen LogP contribution in [0.1, 0.15) is 37.6 Å². The summed E-state index contributed by atoms with van der Waals surface area (Å²) in [6.07, 6.45) is 4.57. The average Bonchev–Trinajstić information content (AvgIpc) is 3.12. The van der Waals surface area contributed by atoms with Crippen molar-refractivity contribution in [2.75, 3.05) is 5.32 Å². The second kappa shape index (κ2) is 7.70. The lowest BCUT2D eigenvalue weighted by Gasteiger charge is -2.05. The quantitative estimate of drug-likeness (QED) is 0.740. The van der Waals surface area contributed by atoms with E-state index in [1.54, 1.807) is 12.4 Å². The lowest BCUT2D eigenvalue weighted by Crippen LogP contribution is -2.12. The molecule has 25 heavy (non-hydrogen) atoms. The van der Waals surface area contributed by atoms with Crippen LogP contribution in [0.25, 0.3) is 11.5 Å². The number of amides is 1. The number of nitrogens with zero attached hydrogens (tertiary/aromatic N) is 3. The highest BCUT2D eigenvalue weighted by Gasteiger charge is 2.11. The molecular weight excluding hydrogens is 316 g/mol. The molecule has 0 fully saturated rings. The summed E-state index contributed by atoms with van der Waals surface area (Å²) in [5.41, 5.74) is 2.67. The monoisotopic (exact) mass is 336 g/mol. The standard InChI is InChI=1S/C19H20N4O2/c1-13(2)18-22-19(25-23-18)15-4-6-16(7-5-15)21-17(24)8-3-14-9-11-20-12-10-14/h4-7,9-13H,3,8H2,1-2H3,(H,21,24). The van der Waals surface area contributed by atoms with Crippen LogP contribution in [-0.2, 0) is 11.2 Å². The number of anilines is 1. The highest BCUT2D eigenvalue weighted by Crippen LogP contribution is 2.21. The number of carbonyl (C=O) groups is 1. The SMILES string of the molecule is CC(C)c1noc(-c2ccc(NC(=O)CCc3ccncc3)cc2)n1. The summed E-state index contributed by atoms with van der Waals surface area (Å²) in [4.78, 5) is 20.4. The molecule has 6 heteroatoms. The van der Waals surface area contributed by atoms with Crippen LogP contribution in [0.2, 0.25) is 0 Å². The van der Waals surface area contributed by atoms with Crippen molar-refractivity contribution < 1.29 is 9.32 Å². The Kier molecular flexibility index (Phi) is 5.18. The number of hydrogen-bond acceptors (Lipinski definition) is 5. The minimum Gasteiger partial charge on any atom is -0.334 e. The topological polar surface area (TPSA) is 80.9 Å². The summed E-state index contributed by atoms with van der Waals surface area (Å²) in [6, 6.07) is 11.2. The minimum atomic E-state index is -0.0237. The molecule has 0 aliphatic carbocycles. The van der Waals surface area contributed by atoms with Gasteiger partial charge in [-0.05, 0) is 48.4 Å². The zero-order chi connectivity index (χ0) is 17.6. The highest BCUT2D eigenvalue weighted by atomic mass is 16.5. The minimum absolute atomic E-state index is 0.0237. The van der Waals surface area contributed by atoms with Gasteiger partial charge in [0.2, 0.25) is 5.91 Å². The van der Waals surface area contributed by atoms with Crippen molar-refractivity contribution in [1.29, 1.82) is 0 Å². The predicted octanol–water partition coefficient (Wildman–Crippen LogP) is 3.83. The smallest absolute Gasteiger partial charge is 0.257 e. The van der Waals surface area contributed by atoms with Crippen LogP contribution in [0.5, 0.6) is 0 Å². The van der Waals surface area contributed by atoms with Gasteiger partial charge in [0.25, 0.3) is 5.89 Å². The Bertz CT molecular complexity index is 826. The van der Waals surface area contributed by atoms with Gasteiger partial charge in [-0.15, -0.1) is 0 Å². The summed E-state index contributed by atoms with van der Waals surface area (Å²) in [6.45, 7) is 4.03. The Morgan fingerprint density at radius 1 is 1.12 bits per heavy atom. The van der Waals surface area contributed by atoms with Gasteiger partial charge in [0.1, 0.15) is 0 Å². The van der Waals surface area contributed by atoms with Gasteiger partial charge in [-0.2, -0.15) is 4.98 Å². The Hall–Kier alpha value is -3.02. The van der Waals surface area contributed by atoms with Gasteiger partial charge >= 0.3 is 0 Å². The van der Waals surface area contributed by atoms with Gasteiger partial charge in [-0.3, -0.25) is 9.78 Å². The van der Waals surface area contributed by atoms with Crippen molar-refractivity contribution in [2.24, 2.45) is 0 Å². The fourth-order valence-corrected chi connectivity index (χ4v) is 2.31. The van der Waals surface area contributed by atoms with Gasteiger partial charge in [0, 0.05) is 36.0 Å². The fraction of sp³-hybridized carbons (Fsp3) is 0.263. The predicted molar refractivity (Wildman–Crippen MR) is 95.0 cm³/mol. The summed E-state index contributed by atoms with van der Waals surface area (Å²) in [5.74, 6) is 1.36. The van der Waals surface area contributed by atoms with Crippen molar-refractivity contribution >= 4 is 11.6 Å². The maximum atomic E-state index is 12.1. The first kappa shape index (κ1) is 16.8. The second-order valence-electron chi connectivity index (χ2n) is 6.09. The third-order valence-electron chi connectivity index (χ3n) is 3.76. The van der Waals surface area contributed by atoms with E-state index >= 15 is 0 Å². The normalized spacial score (nSPS) is 10.8. The lowest BCUT2D eigenvalue weighted by molar-refractivity contribution is -0.116. The molecule has 1 N–H and O–H groups in total. The Morgan fingerprint density at radius 2 is 1.84 bits per heavy atom. The number of aryl methyl sites for hydroxylation is 1. The molecule has 0 unspecified atom stereocenters. The molecule has 6 nitrogen and oxygen atoms in total. The Morgan fingerprint density at radius 3 is 2.48 bits per heavy atom. The summed E-state index contributed by atoms with van der Waals surface area (Å²) < 4.78 is 5.27. The third kappa shape index (κ3) is 4.50. The maximum absolute atomic E-state index is 12.1. The van der Waals surface area contributed by atoms with E-state index < -0.39 is 0 Å². The van der Waals surface area contributed by atoms with Crippen molar-refractivity contribution in [2.45, 2.75) is 32.6 Å². The molecule has 0 aliphatic rings. The zero-order valence-corrected chi connectivity index (χ0v) is 14.3. The Balaban J connectivity index is 1.57. The Labute approximate surface area is 146 Å². The van der Waals surface area contributed by atoms with E-state index in [1.165, 1.54) is 0 Å².